The first-order chi connectivity index (χ1) is 18.7. The van der Waals surface area contributed by atoms with Gasteiger partial charge in [0.2, 0.25) is 17.8 Å². The molecule has 1 aromatic heterocycles. The van der Waals surface area contributed by atoms with E-state index in [1.165, 1.54) is 12.1 Å². The Kier molecular flexibility index (Phi) is 8.44. The highest BCUT2D eigenvalue weighted by atomic mass is 19.1. The second kappa shape index (κ2) is 12.5. The minimum atomic E-state index is -0.275. The molecule has 10 nitrogen and oxygen atoms in total. The Morgan fingerprint density at radius 2 is 1.63 bits per heavy atom. The molecule has 2 saturated heterocycles. The fourth-order valence-corrected chi connectivity index (χ4v) is 4.27. The minimum absolute atomic E-state index is 0.275. The van der Waals surface area contributed by atoms with Crippen LogP contribution in [0.15, 0.2) is 47.6 Å². The molecule has 0 spiro atoms. The number of hydrogen-bond acceptors (Lipinski definition) is 10. The maximum Gasteiger partial charge on any atom is 0.250 e. The van der Waals surface area contributed by atoms with E-state index in [0.717, 1.165) is 50.1 Å². The van der Waals surface area contributed by atoms with E-state index in [2.05, 4.69) is 30.3 Å². The standard InChI is InChI=1S/C27H32FN7O3/c1-2-37-24-17-21(7-10-23(24)38-19-20-5-8-22(28)9-6-20)18-29-33-25-30-26(34-11-3-4-12-34)32-27(31-25)35-13-15-36-16-14-35/h5-10,17-18H,2-4,11-16,19H2,1H3,(H,30,31,32,33)/b29-18-. The lowest BCUT2D eigenvalue weighted by atomic mass is 10.2. The van der Waals surface area contributed by atoms with Gasteiger partial charge >= 0.3 is 0 Å². The molecule has 0 unspecified atom stereocenters. The number of nitrogens with one attached hydrogen (secondary N) is 1. The van der Waals surface area contributed by atoms with Crippen LogP contribution in [0.4, 0.5) is 22.2 Å². The third-order valence-corrected chi connectivity index (χ3v) is 6.25. The van der Waals surface area contributed by atoms with Crippen molar-refractivity contribution in [3.63, 3.8) is 0 Å². The number of anilines is 3. The van der Waals surface area contributed by atoms with Crippen LogP contribution >= 0.6 is 0 Å². The Bertz CT molecular complexity index is 1230. The van der Waals surface area contributed by atoms with Gasteiger partial charge in [0.25, 0.3) is 0 Å². The van der Waals surface area contributed by atoms with Crippen molar-refractivity contribution in [2.45, 2.75) is 26.4 Å². The van der Waals surface area contributed by atoms with Crippen molar-refractivity contribution in [3.8, 4) is 11.5 Å². The van der Waals surface area contributed by atoms with E-state index >= 15 is 0 Å². The molecule has 2 aliphatic heterocycles. The van der Waals surface area contributed by atoms with Crippen molar-refractivity contribution in [1.29, 1.82) is 0 Å². The van der Waals surface area contributed by atoms with E-state index in [1.807, 2.05) is 25.1 Å². The predicted octanol–water partition coefficient (Wildman–Crippen LogP) is 3.87. The molecule has 2 aromatic carbocycles. The topological polar surface area (TPSA) is 97.2 Å². The van der Waals surface area contributed by atoms with Crippen molar-refractivity contribution < 1.29 is 18.6 Å². The van der Waals surface area contributed by atoms with Crippen molar-refractivity contribution in [1.82, 2.24) is 15.0 Å². The van der Waals surface area contributed by atoms with Crippen LogP contribution in [-0.4, -0.2) is 67.2 Å². The monoisotopic (exact) mass is 521 g/mol. The van der Waals surface area contributed by atoms with Gasteiger partial charge in [0.05, 0.1) is 26.0 Å². The van der Waals surface area contributed by atoms with E-state index in [9.17, 15) is 4.39 Å². The van der Waals surface area contributed by atoms with Crippen molar-refractivity contribution >= 4 is 24.1 Å². The number of benzene rings is 2. The van der Waals surface area contributed by atoms with Crippen LogP contribution in [0.1, 0.15) is 30.9 Å². The zero-order valence-electron chi connectivity index (χ0n) is 21.5. The normalized spacial score (nSPS) is 15.7. The van der Waals surface area contributed by atoms with Gasteiger partial charge in [-0.25, -0.2) is 9.82 Å². The van der Waals surface area contributed by atoms with Gasteiger partial charge in [-0.3, -0.25) is 0 Å². The first kappa shape index (κ1) is 25.7. The molecule has 1 N–H and O–H groups in total. The van der Waals surface area contributed by atoms with Crippen LogP contribution in [0, 0.1) is 5.82 Å². The van der Waals surface area contributed by atoms with Gasteiger partial charge in [0.15, 0.2) is 11.5 Å². The quantitative estimate of drug-likeness (QED) is 0.315. The fourth-order valence-electron chi connectivity index (χ4n) is 4.27. The SMILES string of the molecule is CCOc1cc(/C=N\Nc2nc(N3CCCC3)nc(N3CCOCC3)n2)ccc1OCc1ccc(F)cc1. The Labute approximate surface area is 221 Å². The summed E-state index contributed by atoms with van der Waals surface area (Å²) in [7, 11) is 0. The number of morpholine rings is 1. The maximum atomic E-state index is 13.2. The molecular formula is C27H32FN7O3. The lowest BCUT2D eigenvalue weighted by Gasteiger charge is -2.27. The molecule has 38 heavy (non-hydrogen) atoms. The molecule has 0 radical (unpaired) electrons. The molecular weight excluding hydrogens is 489 g/mol. The van der Waals surface area contributed by atoms with Crippen molar-refractivity contribution in [2.75, 3.05) is 61.2 Å². The predicted molar refractivity (Wildman–Crippen MR) is 144 cm³/mol. The highest BCUT2D eigenvalue weighted by Gasteiger charge is 2.21. The zero-order valence-corrected chi connectivity index (χ0v) is 21.5. The van der Waals surface area contributed by atoms with Gasteiger partial charge < -0.3 is 24.0 Å². The van der Waals surface area contributed by atoms with E-state index < -0.39 is 0 Å². The molecule has 0 saturated carbocycles. The van der Waals surface area contributed by atoms with Crippen LogP contribution in [-0.2, 0) is 11.3 Å². The van der Waals surface area contributed by atoms with Gasteiger partial charge in [0.1, 0.15) is 12.4 Å². The van der Waals surface area contributed by atoms with E-state index in [1.54, 1.807) is 18.3 Å². The van der Waals surface area contributed by atoms with E-state index in [0.29, 0.717) is 55.8 Å². The second-order valence-corrected chi connectivity index (χ2v) is 8.98. The van der Waals surface area contributed by atoms with Gasteiger partial charge in [-0.1, -0.05) is 12.1 Å². The lowest BCUT2D eigenvalue weighted by molar-refractivity contribution is 0.122. The summed E-state index contributed by atoms with van der Waals surface area (Å²) in [5.74, 6) is 2.61. The lowest BCUT2D eigenvalue weighted by Crippen LogP contribution is -2.38. The Morgan fingerprint density at radius 3 is 2.34 bits per heavy atom. The van der Waals surface area contributed by atoms with Crippen LogP contribution < -0.4 is 24.7 Å². The Morgan fingerprint density at radius 1 is 0.921 bits per heavy atom. The van der Waals surface area contributed by atoms with Gasteiger partial charge in [0, 0.05) is 26.2 Å². The second-order valence-electron chi connectivity index (χ2n) is 8.98. The van der Waals surface area contributed by atoms with E-state index in [-0.39, 0.29) is 5.82 Å². The number of aromatic nitrogens is 3. The average molecular weight is 522 g/mol. The Hall–Kier alpha value is -3.99. The third-order valence-electron chi connectivity index (χ3n) is 6.25. The number of hydrazone groups is 1. The first-order valence-electron chi connectivity index (χ1n) is 12.9. The highest BCUT2D eigenvalue weighted by Crippen LogP contribution is 2.29. The summed E-state index contributed by atoms with van der Waals surface area (Å²) < 4.78 is 30.4. The summed E-state index contributed by atoms with van der Waals surface area (Å²) in [5, 5.41) is 4.38. The molecule has 200 valence electrons. The van der Waals surface area contributed by atoms with Crippen LogP contribution in [0.2, 0.25) is 0 Å². The number of hydrogen-bond donors (Lipinski definition) is 1. The zero-order chi connectivity index (χ0) is 26.2. The summed E-state index contributed by atoms with van der Waals surface area (Å²) in [6.45, 7) is 7.35. The summed E-state index contributed by atoms with van der Waals surface area (Å²) in [6.07, 6.45) is 3.94. The summed E-state index contributed by atoms with van der Waals surface area (Å²) >= 11 is 0. The summed E-state index contributed by atoms with van der Waals surface area (Å²) in [6, 6.07) is 11.8. The van der Waals surface area contributed by atoms with Crippen molar-refractivity contribution in [3.05, 3.63) is 59.4 Å². The molecule has 2 aliphatic rings. The first-order valence-corrected chi connectivity index (χ1v) is 12.9. The Balaban J connectivity index is 1.29. The van der Waals surface area contributed by atoms with E-state index in [4.69, 9.17) is 19.2 Å². The molecule has 0 bridgehead atoms. The minimum Gasteiger partial charge on any atom is -0.490 e. The molecule has 0 aliphatic carbocycles. The van der Waals surface area contributed by atoms with Gasteiger partial charge in [-0.2, -0.15) is 20.1 Å². The van der Waals surface area contributed by atoms with Crippen LogP contribution in [0.25, 0.3) is 0 Å². The molecule has 5 rings (SSSR count). The molecule has 3 aromatic rings. The smallest absolute Gasteiger partial charge is 0.250 e. The maximum absolute atomic E-state index is 13.2. The van der Waals surface area contributed by atoms with Gasteiger partial charge in [-0.15, -0.1) is 0 Å². The third kappa shape index (κ3) is 6.65. The molecule has 11 heteroatoms. The average Bonchev–Trinajstić information content (AvgIpc) is 3.49. The van der Waals surface area contributed by atoms with Crippen LogP contribution in [0.5, 0.6) is 11.5 Å². The fraction of sp³-hybridized carbons (Fsp3) is 0.407. The largest absolute Gasteiger partial charge is 0.490 e. The molecule has 3 heterocycles. The number of nitrogens with zero attached hydrogens (tertiary/aromatic N) is 6. The summed E-state index contributed by atoms with van der Waals surface area (Å²) in [4.78, 5) is 18.2. The van der Waals surface area contributed by atoms with Gasteiger partial charge in [-0.05, 0) is 61.2 Å². The molecule has 0 atom stereocenters. The molecule has 2 fully saturated rings. The number of rotatable bonds is 10. The van der Waals surface area contributed by atoms with Crippen molar-refractivity contribution in [2.24, 2.45) is 5.10 Å². The summed E-state index contributed by atoms with van der Waals surface area (Å²) in [5.41, 5.74) is 4.66. The highest BCUT2D eigenvalue weighted by molar-refractivity contribution is 5.81. The number of ether oxygens (including phenoxy) is 3. The number of halogens is 1. The van der Waals surface area contributed by atoms with Crippen LogP contribution in [0.3, 0.4) is 0 Å². The molecule has 0 amide bonds.